The topological polar surface area (TPSA) is 78.7 Å². The van der Waals surface area contributed by atoms with Crippen LogP contribution in [0.1, 0.15) is 69.6 Å². The molecule has 4 aromatic rings. The van der Waals surface area contributed by atoms with Crippen molar-refractivity contribution < 1.29 is 19.1 Å². The Balaban J connectivity index is 1.23. The summed E-state index contributed by atoms with van der Waals surface area (Å²) < 4.78 is 15.6. The van der Waals surface area contributed by atoms with Gasteiger partial charge in [-0.2, -0.15) is 5.10 Å². The van der Waals surface area contributed by atoms with Gasteiger partial charge in [0.1, 0.15) is 5.82 Å². The molecule has 8 heteroatoms. The van der Waals surface area contributed by atoms with Crippen LogP contribution in [0.5, 0.6) is 0 Å². The van der Waals surface area contributed by atoms with E-state index in [0.29, 0.717) is 18.7 Å². The van der Waals surface area contributed by atoms with Gasteiger partial charge in [0.05, 0.1) is 28.7 Å². The molecule has 0 saturated carbocycles. The molecule has 0 radical (unpaired) electrons. The SMILES string of the molecule is CC1(c2ccccc2)CCN(C(=O)c2cnn(-c3ccc(F)cc3)c2C2CCN(Cc3ccc(C(=O)O)cc3)CC2)C1. The molecule has 0 spiro atoms. The zero-order chi connectivity index (χ0) is 29.3. The highest BCUT2D eigenvalue weighted by Gasteiger charge is 2.39. The maximum atomic E-state index is 14.1. The number of carbonyl (C=O) groups excluding carboxylic acids is 1. The lowest BCUT2D eigenvalue weighted by atomic mass is 9.82. The van der Waals surface area contributed by atoms with Crippen molar-refractivity contribution in [2.75, 3.05) is 26.2 Å². The molecular weight excluding hydrogens is 531 g/mol. The number of nitrogens with zero attached hydrogens (tertiary/aromatic N) is 4. The number of aromatic carboxylic acids is 1. The van der Waals surface area contributed by atoms with E-state index in [1.54, 1.807) is 30.5 Å². The van der Waals surface area contributed by atoms with Gasteiger partial charge in [-0.25, -0.2) is 13.9 Å². The van der Waals surface area contributed by atoms with E-state index in [2.05, 4.69) is 29.1 Å². The number of likely N-dealkylation sites (tertiary alicyclic amines) is 2. The number of rotatable bonds is 7. The third-order valence-electron chi connectivity index (χ3n) is 8.92. The predicted molar refractivity (Wildman–Crippen MR) is 158 cm³/mol. The molecule has 1 atom stereocenters. The summed E-state index contributed by atoms with van der Waals surface area (Å²) in [6.07, 6.45) is 4.29. The van der Waals surface area contributed by atoms with Gasteiger partial charge in [0.25, 0.3) is 5.91 Å². The third-order valence-corrected chi connectivity index (χ3v) is 8.92. The Morgan fingerprint density at radius 1 is 0.952 bits per heavy atom. The first kappa shape index (κ1) is 27.8. The summed E-state index contributed by atoms with van der Waals surface area (Å²) >= 11 is 0. The zero-order valence-electron chi connectivity index (χ0n) is 23.7. The Kier molecular flexibility index (Phi) is 7.64. The first-order valence-corrected chi connectivity index (χ1v) is 14.5. The van der Waals surface area contributed by atoms with E-state index in [0.717, 1.165) is 55.8 Å². The molecule has 3 aromatic carbocycles. The number of amides is 1. The van der Waals surface area contributed by atoms with E-state index in [1.807, 2.05) is 39.9 Å². The number of piperidine rings is 1. The molecule has 7 nitrogen and oxygen atoms in total. The molecule has 1 unspecified atom stereocenters. The van der Waals surface area contributed by atoms with Crippen LogP contribution >= 0.6 is 0 Å². The number of benzene rings is 3. The number of carboxylic acid groups (broad SMARTS) is 1. The van der Waals surface area contributed by atoms with Crippen molar-refractivity contribution >= 4 is 11.9 Å². The normalized spacial score (nSPS) is 19.7. The Labute approximate surface area is 245 Å². The molecular formula is C34H35FN4O3. The number of carbonyl (C=O) groups is 2. The second kappa shape index (κ2) is 11.5. The number of halogens is 1. The van der Waals surface area contributed by atoms with Crippen LogP contribution in [0, 0.1) is 5.82 Å². The van der Waals surface area contributed by atoms with Gasteiger partial charge in [-0.1, -0.05) is 49.4 Å². The van der Waals surface area contributed by atoms with Gasteiger partial charge >= 0.3 is 5.97 Å². The monoisotopic (exact) mass is 566 g/mol. The van der Waals surface area contributed by atoms with Gasteiger partial charge in [-0.15, -0.1) is 0 Å². The molecule has 0 aliphatic carbocycles. The smallest absolute Gasteiger partial charge is 0.335 e. The molecule has 42 heavy (non-hydrogen) atoms. The molecule has 0 bridgehead atoms. The minimum Gasteiger partial charge on any atom is -0.478 e. The van der Waals surface area contributed by atoms with Crippen LogP contribution in [-0.2, 0) is 12.0 Å². The van der Waals surface area contributed by atoms with Gasteiger partial charge in [0.15, 0.2) is 0 Å². The largest absolute Gasteiger partial charge is 0.478 e. The van der Waals surface area contributed by atoms with Crippen molar-refractivity contribution in [2.45, 2.75) is 44.1 Å². The number of hydrogen-bond acceptors (Lipinski definition) is 4. The minimum absolute atomic E-state index is 0.000956. The molecule has 1 amide bonds. The number of carboxylic acids is 1. The highest BCUT2D eigenvalue weighted by molar-refractivity contribution is 5.96. The van der Waals surface area contributed by atoms with Crippen molar-refractivity contribution in [2.24, 2.45) is 0 Å². The van der Waals surface area contributed by atoms with E-state index < -0.39 is 5.97 Å². The average molecular weight is 567 g/mol. The summed E-state index contributed by atoms with van der Waals surface area (Å²) in [5.74, 6) is -1.13. The van der Waals surface area contributed by atoms with Gasteiger partial charge in [0.2, 0.25) is 0 Å². The Morgan fingerprint density at radius 2 is 1.64 bits per heavy atom. The lowest BCUT2D eigenvalue weighted by molar-refractivity contribution is 0.0696. The van der Waals surface area contributed by atoms with Crippen molar-refractivity contribution in [3.8, 4) is 5.69 Å². The van der Waals surface area contributed by atoms with E-state index in [-0.39, 0.29) is 28.6 Å². The number of aromatic nitrogens is 2. The van der Waals surface area contributed by atoms with Crippen LogP contribution in [0.4, 0.5) is 4.39 Å². The van der Waals surface area contributed by atoms with Crippen molar-refractivity contribution in [1.29, 1.82) is 0 Å². The van der Waals surface area contributed by atoms with Crippen LogP contribution in [0.25, 0.3) is 5.69 Å². The van der Waals surface area contributed by atoms with Gasteiger partial charge < -0.3 is 10.0 Å². The summed E-state index contributed by atoms with van der Waals surface area (Å²) in [6, 6.07) is 23.7. The molecule has 1 aromatic heterocycles. The summed E-state index contributed by atoms with van der Waals surface area (Å²) in [4.78, 5) is 29.6. The fourth-order valence-corrected chi connectivity index (χ4v) is 6.46. The molecule has 216 valence electrons. The maximum Gasteiger partial charge on any atom is 0.335 e. The quantitative estimate of drug-likeness (QED) is 0.302. The first-order valence-electron chi connectivity index (χ1n) is 14.5. The first-order chi connectivity index (χ1) is 20.3. The van der Waals surface area contributed by atoms with Crippen LogP contribution in [0.3, 0.4) is 0 Å². The van der Waals surface area contributed by atoms with Crippen LogP contribution < -0.4 is 0 Å². The van der Waals surface area contributed by atoms with Crippen molar-refractivity contribution in [1.82, 2.24) is 19.6 Å². The van der Waals surface area contributed by atoms with E-state index in [4.69, 9.17) is 0 Å². The molecule has 6 rings (SSSR count). The lowest BCUT2D eigenvalue weighted by Gasteiger charge is -2.33. The van der Waals surface area contributed by atoms with Crippen LogP contribution in [0.15, 0.2) is 85.1 Å². The maximum absolute atomic E-state index is 14.1. The van der Waals surface area contributed by atoms with Gasteiger partial charge in [0, 0.05) is 31.0 Å². The summed E-state index contributed by atoms with van der Waals surface area (Å²) in [5.41, 5.74) is 4.75. The van der Waals surface area contributed by atoms with Gasteiger partial charge in [-0.05, 0) is 79.9 Å². The lowest BCUT2D eigenvalue weighted by Crippen LogP contribution is -2.35. The predicted octanol–water partition coefficient (Wildman–Crippen LogP) is 5.89. The van der Waals surface area contributed by atoms with Crippen molar-refractivity contribution in [3.05, 3.63) is 119 Å². The summed E-state index contributed by atoms with van der Waals surface area (Å²) in [7, 11) is 0. The zero-order valence-corrected chi connectivity index (χ0v) is 23.7. The minimum atomic E-state index is -0.927. The van der Waals surface area contributed by atoms with Gasteiger partial charge in [-0.3, -0.25) is 9.69 Å². The van der Waals surface area contributed by atoms with E-state index >= 15 is 0 Å². The molecule has 1 N–H and O–H groups in total. The Morgan fingerprint density at radius 3 is 2.31 bits per heavy atom. The van der Waals surface area contributed by atoms with Crippen molar-refractivity contribution in [3.63, 3.8) is 0 Å². The fraction of sp³-hybridized carbons (Fsp3) is 0.324. The molecule has 3 heterocycles. The van der Waals surface area contributed by atoms with Crippen LogP contribution in [-0.4, -0.2) is 62.7 Å². The second-order valence-corrected chi connectivity index (χ2v) is 11.8. The molecule has 2 fully saturated rings. The second-order valence-electron chi connectivity index (χ2n) is 11.8. The van der Waals surface area contributed by atoms with Crippen LogP contribution in [0.2, 0.25) is 0 Å². The Bertz CT molecular complexity index is 1560. The third kappa shape index (κ3) is 5.59. The summed E-state index contributed by atoms with van der Waals surface area (Å²) in [5, 5.41) is 13.9. The molecule has 2 aliphatic heterocycles. The fourth-order valence-electron chi connectivity index (χ4n) is 6.46. The highest BCUT2D eigenvalue weighted by Crippen LogP contribution is 2.37. The summed E-state index contributed by atoms with van der Waals surface area (Å²) in [6.45, 7) is 5.97. The Hall–Kier alpha value is -4.30. The standard InChI is InChI=1S/C34H35FN4O3/c1-34(27-5-3-2-4-6-27)17-20-38(23-34)32(40)30-21-36-39(29-13-11-28(35)12-14-29)31(30)25-15-18-37(19-16-25)22-24-7-9-26(10-8-24)33(41)42/h2-14,21,25H,15-20,22-23H2,1H3,(H,41,42). The molecule has 2 saturated heterocycles. The van der Waals surface area contributed by atoms with E-state index in [9.17, 15) is 19.1 Å². The molecule has 2 aliphatic rings. The average Bonchev–Trinajstić information content (AvgIpc) is 3.64. The number of hydrogen-bond donors (Lipinski definition) is 1. The van der Waals surface area contributed by atoms with E-state index in [1.165, 1.54) is 17.7 Å². The highest BCUT2D eigenvalue weighted by atomic mass is 19.1.